The number of nitrogen functional groups attached to an aromatic ring is 1. The number of carbonyl (C=O) groups excluding carboxylic acids is 1. The van der Waals surface area contributed by atoms with Crippen molar-refractivity contribution < 1.29 is 9.53 Å². The van der Waals surface area contributed by atoms with Gasteiger partial charge in [-0.15, -0.1) is 11.3 Å². The molecule has 1 aliphatic heterocycles. The van der Waals surface area contributed by atoms with Gasteiger partial charge in [0.15, 0.2) is 11.5 Å². The van der Waals surface area contributed by atoms with Crippen LogP contribution in [0.5, 0.6) is 5.75 Å². The molecule has 0 bridgehead atoms. The van der Waals surface area contributed by atoms with Crippen LogP contribution in [0.1, 0.15) is 23.0 Å². The highest BCUT2D eigenvalue weighted by Crippen LogP contribution is 2.45. The molecule has 0 aromatic carbocycles. The predicted octanol–water partition coefficient (Wildman–Crippen LogP) is 2.48. The summed E-state index contributed by atoms with van der Waals surface area (Å²) in [5.74, 6) is 2.97. The monoisotopic (exact) mass is 286 g/mol. The number of hydrogen-bond donors (Lipinski definition) is 1. The van der Waals surface area contributed by atoms with Gasteiger partial charge in [0, 0.05) is 25.8 Å². The molecule has 2 N–H and O–H groups in total. The summed E-state index contributed by atoms with van der Waals surface area (Å²) in [7, 11) is 1.61. The van der Waals surface area contributed by atoms with Gasteiger partial charge >= 0.3 is 0 Å². The molecule has 0 atom stereocenters. The molecule has 2 rings (SSSR count). The maximum Gasteiger partial charge on any atom is 0.177 e. The molecule has 2 heterocycles. The maximum atomic E-state index is 11.6. The predicted molar refractivity (Wildman–Crippen MR) is 79.4 cm³/mol. The Labute approximate surface area is 115 Å². The maximum absolute atomic E-state index is 11.6. The number of Topliss-reactive ketones (excluding diaryl/α,β-unsaturated/α-hetero) is 1. The zero-order valence-corrected chi connectivity index (χ0v) is 12.3. The topological polar surface area (TPSA) is 55.6 Å². The Morgan fingerprint density at radius 1 is 1.39 bits per heavy atom. The van der Waals surface area contributed by atoms with Gasteiger partial charge in [-0.05, 0) is 12.2 Å². The van der Waals surface area contributed by atoms with E-state index in [9.17, 15) is 4.79 Å². The lowest BCUT2D eigenvalue weighted by atomic mass is 10.3. The lowest BCUT2D eigenvalue weighted by Crippen LogP contribution is -2.24. The number of thiophene rings is 1. The Morgan fingerprint density at radius 3 is 2.83 bits per heavy atom. The van der Waals surface area contributed by atoms with E-state index in [0.29, 0.717) is 16.3 Å². The molecule has 4 nitrogen and oxygen atoms in total. The van der Waals surface area contributed by atoms with Gasteiger partial charge in [0.05, 0.1) is 17.7 Å². The standard InChI is InChI=1S/C12H18N2O2S2/c1-8(15)11-9(13)10(16-2)12(18-11)14-4-3-6-17-7-5-14/h3-7,13H2,1-2H3. The average molecular weight is 286 g/mol. The third-order valence-corrected chi connectivity index (χ3v) is 5.31. The third-order valence-electron chi connectivity index (χ3n) is 2.92. The van der Waals surface area contributed by atoms with E-state index >= 15 is 0 Å². The first-order chi connectivity index (χ1) is 8.65. The molecular formula is C12H18N2O2S2. The zero-order chi connectivity index (χ0) is 13.1. The van der Waals surface area contributed by atoms with Crippen molar-refractivity contribution in [2.24, 2.45) is 0 Å². The van der Waals surface area contributed by atoms with Gasteiger partial charge in [0.1, 0.15) is 5.00 Å². The fraction of sp³-hybridized carbons (Fsp3) is 0.583. The minimum absolute atomic E-state index is 0.00578. The van der Waals surface area contributed by atoms with Crippen LogP contribution in [0.25, 0.3) is 0 Å². The molecule has 18 heavy (non-hydrogen) atoms. The molecule has 6 heteroatoms. The summed E-state index contributed by atoms with van der Waals surface area (Å²) in [6.45, 7) is 3.53. The van der Waals surface area contributed by atoms with Crippen molar-refractivity contribution >= 4 is 39.6 Å². The molecule has 100 valence electrons. The normalized spacial score (nSPS) is 16.4. The molecule has 0 saturated carbocycles. The number of thioether (sulfide) groups is 1. The SMILES string of the molecule is COc1c(N2CCCSCC2)sc(C(C)=O)c1N. The van der Waals surface area contributed by atoms with Crippen LogP contribution >= 0.6 is 23.1 Å². The number of methoxy groups -OCH3 is 1. The summed E-state index contributed by atoms with van der Waals surface area (Å²) < 4.78 is 5.39. The van der Waals surface area contributed by atoms with Crippen molar-refractivity contribution in [3.63, 3.8) is 0 Å². The van der Waals surface area contributed by atoms with E-state index < -0.39 is 0 Å². The van der Waals surface area contributed by atoms with E-state index in [2.05, 4.69) is 4.90 Å². The van der Waals surface area contributed by atoms with Gasteiger partial charge in [0.2, 0.25) is 0 Å². The van der Waals surface area contributed by atoms with Crippen molar-refractivity contribution in [3.8, 4) is 5.75 Å². The average Bonchev–Trinajstić information content (AvgIpc) is 2.54. The summed E-state index contributed by atoms with van der Waals surface area (Å²) in [4.78, 5) is 14.4. The van der Waals surface area contributed by atoms with Crippen LogP contribution in [0, 0.1) is 0 Å². The number of ketones is 1. The lowest BCUT2D eigenvalue weighted by Gasteiger charge is -2.21. The van der Waals surface area contributed by atoms with Crippen LogP contribution in [-0.4, -0.2) is 37.5 Å². The summed E-state index contributed by atoms with van der Waals surface area (Å²) in [5, 5.41) is 1.00. The first-order valence-corrected chi connectivity index (χ1v) is 7.92. The van der Waals surface area contributed by atoms with E-state index in [0.717, 1.165) is 30.3 Å². The first kappa shape index (κ1) is 13.5. The fourth-order valence-corrected chi connectivity index (χ4v) is 4.06. The summed E-state index contributed by atoms with van der Waals surface area (Å²) in [6.07, 6.45) is 1.15. The molecule has 1 aromatic heterocycles. The summed E-state index contributed by atoms with van der Waals surface area (Å²) in [6, 6.07) is 0. The first-order valence-electron chi connectivity index (χ1n) is 5.95. The van der Waals surface area contributed by atoms with Crippen LogP contribution < -0.4 is 15.4 Å². The highest BCUT2D eigenvalue weighted by atomic mass is 32.2. The molecule has 1 aliphatic rings. The largest absolute Gasteiger partial charge is 0.492 e. The number of ether oxygens (including phenoxy) is 1. The van der Waals surface area contributed by atoms with E-state index in [1.807, 2.05) is 11.8 Å². The van der Waals surface area contributed by atoms with Gasteiger partial charge in [-0.3, -0.25) is 4.79 Å². The van der Waals surface area contributed by atoms with Crippen molar-refractivity contribution in [1.82, 2.24) is 0 Å². The van der Waals surface area contributed by atoms with Crippen LogP contribution in [0.3, 0.4) is 0 Å². The summed E-state index contributed by atoms with van der Waals surface area (Å²) in [5.41, 5.74) is 6.48. The third kappa shape index (κ3) is 2.59. The molecule has 0 spiro atoms. The molecular weight excluding hydrogens is 268 g/mol. The van der Waals surface area contributed by atoms with Gasteiger partial charge in [-0.25, -0.2) is 0 Å². The number of hydrogen-bond acceptors (Lipinski definition) is 6. The minimum Gasteiger partial charge on any atom is -0.492 e. The molecule has 0 amide bonds. The molecule has 1 aromatic rings. The quantitative estimate of drug-likeness (QED) is 0.865. The Kier molecular flexibility index (Phi) is 4.40. The molecule has 0 aliphatic carbocycles. The van der Waals surface area contributed by atoms with Crippen molar-refractivity contribution in [3.05, 3.63) is 4.88 Å². The second-order valence-electron chi connectivity index (χ2n) is 4.19. The number of rotatable bonds is 3. The molecule has 1 fully saturated rings. The van der Waals surface area contributed by atoms with Gasteiger partial charge < -0.3 is 15.4 Å². The Hall–Kier alpha value is -0.880. The zero-order valence-electron chi connectivity index (χ0n) is 10.7. The van der Waals surface area contributed by atoms with Crippen LogP contribution in [0.2, 0.25) is 0 Å². The Bertz CT molecular complexity index is 438. The number of carbonyl (C=O) groups is 1. The van der Waals surface area contributed by atoms with E-state index in [1.54, 1.807) is 14.0 Å². The van der Waals surface area contributed by atoms with Gasteiger partial charge in [0.25, 0.3) is 0 Å². The van der Waals surface area contributed by atoms with Gasteiger partial charge in [-0.2, -0.15) is 11.8 Å². The molecule has 0 radical (unpaired) electrons. The molecule has 1 saturated heterocycles. The Balaban J connectivity index is 2.36. The summed E-state index contributed by atoms with van der Waals surface area (Å²) >= 11 is 3.42. The lowest BCUT2D eigenvalue weighted by molar-refractivity contribution is 0.102. The van der Waals surface area contributed by atoms with Crippen molar-refractivity contribution in [1.29, 1.82) is 0 Å². The molecule has 0 unspecified atom stereocenters. The minimum atomic E-state index is 0.00578. The number of nitrogens with zero attached hydrogens (tertiary/aromatic N) is 1. The highest BCUT2D eigenvalue weighted by molar-refractivity contribution is 7.99. The van der Waals surface area contributed by atoms with Crippen molar-refractivity contribution in [2.75, 3.05) is 42.3 Å². The van der Waals surface area contributed by atoms with E-state index in [1.165, 1.54) is 17.1 Å². The second kappa shape index (κ2) is 5.84. The number of nitrogens with two attached hydrogens (primary N) is 1. The van der Waals surface area contributed by atoms with Crippen LogP contribution in [0.4, 0.5) is 10.7 Å². The number of anilines is 2. The van der Waals surface area contributed by atoms with Crippen LogP contribution in [0.15, 0.2) is 0 Å². The smallest absolute Gasteiger partial charge is 0.177 e. The van der Waals surface area contributed by atoms with E-state index in [-0.39, 0.29) is 5.78 Å². The van der Waals surface area contributed by atoms with Crippen molar-refractivity contribution in [2.45, 2.75) is 13.3 Å². The second-order valence-corrected chi connectivity index (χ2v) is 6.42. The highest BCUT2D eigenvalue weighted by Gasteiger charge is 2.24. The fourth-order valence-electron chi connectivity index (χ4n) is 2.03. The van der Waals surface area contributed by atoms with E-state index in [4.69, 9.17) is 10.5 Å². The Morgan fingerprint density at radius 2 is 2.17 bits per heavy atom. The van der Waals surface area contributed by atoms with Crippen LogP contribution in [-0.2, 0) is 0 Å². The van der Waals surface area contributed by atoms with Gasteiger partial charge in [-0.1, -0.05) is 0 Å².